The van der Waals surface area contributed by atoms with Crippen LogP contribution >= 0.6 is 35.0 Å². The summed E-state index contributed by atoms with van der Waals surface area (Å²) in [5.41, 5.74) is 0. The summed E-state index contributed by atoms with van der Waals surface area (Å²) in [4.78, 5) is 5.12. The molecule has 0 fully saturated rings. The van der Waals surface area contributed by atoms with E-state index in [-0.39, 0.29) is 0 Å². The summed E-state index contributed by atoms with van der Waals surface area (Å²) in [6.07, 6.45) is 3.64. The van der Waals surface area contributed by atoms with Crippen LogP contribution in [0, 0.1) is 0 Å². The lowest BCUT2D eigenvalue weighted by Gasteiger charge is -2.04. The minimum absolute atomic E-state index is 0.677. The molecule has 0 amide bonds. The van der Waals surface area contributed by atoms with E-state index in [9.17, 15) is 0 Å². The lowest BCUT2D eigenvalue weighted by Crippen LogP contribution is -1.88. The number of rotatable bonds is 2. The fourth-order valence-electron chi connectivity index (χ4n) is 1.10. The van der Waals surface area contributed by atoms with Crippen molar-refractivity contribution in [2.75, 3.05) is 0 Å². The lowest BCUT2D eigenvalue weighted by atomic mass is 10.4. The maximum Gasteiger partial charge on any atom is 0.172 e. The molecule has 0 unspecified atom stereocenters. The van der Waals surface area contributed by atoms with E-state index < -0.39 is 0 Å². The van der Waals surface area contributed by atoms with Gasteiger partial charge < -0.3 is 4.57 Å². The predicted octanol–water partition coefficient (Wildman–Crippen LogP) is 3.88. The van der Waals surface area contributed by atoms with Crippen molar-refractivity contribution >= 4 is 35.0 Å². The van der Waals surface area contributed by atoms with Crippen molar-refractivity contribution < 1.29 is 0 Å². The van der Waals surface area contributed by atoms with Crippen LogP contribution in [0.15, 0.2) is 40.6 Å². The highest BCUT2D eigenvalue weighted by Gasteiger charge is 2.06. The number of hydrogen-bond acceptors (Lipinski definition) is 2. The van der Waals surface area contributed by atoms with Gasteiger partial charge in [-0.05, 0) is 18.2 Å². The maximum atomic E-state index is 6.05. The topological polar surface area (TPSA) is 17.8 Å². The van der Waals surface area contributed by atoms with Gasteiger partial charge in [0, 0.05) is 29.4 Å². The molecule has 0 aliphatic carbocycles. The van der Waals surface area contributed by atoms with Gasteiger partial charge in [-0.1, -0.05) is 35.0 Å². The first-order valence-corrected chi connectivity index (χ1v) is 5.84. The normalized spacial score (nSPS) is 10.6. The van der Waals surface area contributed by atoms with Crippen LogP contribution in [0.25, 0.3) is 0 Å². The van der Waals surface area contributed by atoms with Gasteiger partial charge >= 0.3 is 0 Å². The van der Waals surface area contributed by atoms with E-state index in [0.29, 0.717) is 10.0 Å². The van der Waals surface area contributed by atoms with Gasteiger partial charge in [-0.25, -0.2) is 4.98 Å². The summed E-state index contributed by atoms with van der Waals surface area (Å²) in [7, 11) is 1.94. The summed E-state index contributed by atoms with van der Waals surface area (Å²) in [6, 6.07) is 5.39. The van der Waals surface area contributed by atoms with Gasteiger partial charge in [0.2, 0.25) is 0 Å². The Hall–Kier alpha value is -0.640. The molecule has 0 aliphatic rings. The van der Waals surface area contributed by atoms with E-state index >= 15 is 0 Å². The van der Waals surface area contributed by atoms with Crippen LogP contribution in [0.4, 0.5) is 0 Å². The van der Waals surface area contributed by atoms with Crippen molar-refractivity contribution in [2.24, 2.45) is 7.05 Å². The Kier molecular flexibility index (Phi) is 3.24. The molecule has 2 aromatic rings. The molecule has 0 aliphatic heterocycles. The molecule has 1 heterocycles. The molecule has 1 aromatic carbocycles. The van der Waals surface area contributed by atoms with Crippen LogP contribution in [-0.4, -0.2) is 9.55 Å². The summed E-state index contributed by atoms with van der Waals surface area (Å²) >= 11 is 13.4. The summed E-state index contributed by atoms with van der Waals surface area (Å²) in [6.45, 7) is 0. The fraction of sp³-hybridized carbons (Fsp3) is 0.100. The first kappa shape index (κ1) is 10.9. The number of halogens is 2. The van der Waals surface area contributed by atoms with Gasteiger partial charge in [0.1, 0.15) is 0 Å². The van der Waals surface area contributed by atoms with Gasteiger partial charge in [0.15, 0.2) is 5.16 Å². The predicted molar refractivity (Wildman–Crippen MR) is 63.8 cm³/mol. The quantitative estimate of drug-likeness (QED) is 0.814. The van der Waals surface area contributed by atoms with Gasteiger partial charge in [0.25, 0.3) is 0 Å². The highest BCUT2D eigenvalue weighted by Crippen LogP contribution is 2.33. The zero-order valence-electron chi connectivity index (χ0n) is 7.95. The van der Waals surface area contributed by atoms with Crippen LogP contribution in [0.3, 0.4) is 0 Å². The molecule has 0 bridgehead atoms. The zero-order chi connectivity index (χ0) is 10.8. The molecule has 0 saturated carbocycles. The first-order chi connectivity index (χ1) is 7.16. The molecule has 0 radical (unpaired) electrons. The Morgan fingerprint density at radius 2 is 2.13 bits per heavy atom. The molecule has 0 spiro atoms. The molecule has 0 N–H and O–H groups in total. The number of hydrogen-bond donors (Lipinski definition) is 0. The average molecular weight is 259 g/mol. The smallest absolute Gasteiger partial charge is 0.172 e. The van der Waals surface area contributed by atoms with E-state index in [4.69, 9.17) is 23.2 Å². The fourth-order valence-corrected chi connectivity index (χ4v) is 2.44. The van der Waals surface area contributed by atoms with E-state index in [2.05, 4.69) is 4.98 Å². The minimum atomic E-state index is 0.677. The average Bonchev–Trinajstić information content (AvgIpc) is 2.58. The Balaban J connectivity index is 2.32. The van der Waals surface area contributed by atoms with Crippen molar-refractivity contribution in [3.05, 3.63) is 40.6 Å². The van der Waals surface area contributed by atoms with E-state index in [0.717, 1.165) is 10.1 Å². The molecule has 2 nitrogen and oxygen atoms in total. The number of benzene rings is 1. The number of imidazole rings is 1. The Labute approximate surface area is 102 Å². The third kappa shape index (κ3) is 2.48. The lowest BCUT2D eigenvalue weighted by molar-refractivity contribution is 0.790. The largest absolute Gasteiger partial charge is 0.329 e. The third-order valence-electron chi connectivity index (χ3n) is 1.87. The number of aryl methyl sites for hydroxylation is 1. The number of nitrogens with zero attached hydrogens (tertiary/aromatic N) is 2. The second kappa shape index (κ2) is 4.47. The first-order valence-electron chi connectivity index (χ1n) is 4.27. The molecule has 78 valence electrons. The molecule has 5 heteroatoms. The van der Waals surface area contributed by atoms with Gasteiger partial charge in [-0.3, -0.25) is 0 Å². The standard InChI is InChI=1S/C10H8Cl2N2S/c1-14-5-4-13-10(14)15-9-6-7(11)2-3-8(9)12/h2-6H,1H3. The van der Waals surface area contributed by atoms with E-state index in [1.807, 2.05) is 23.9 Å². The SMILES string of the molecule is Cn1ccnc1Sc1cc(Cl)ccc1Cl. The van der Waals surface area contributed by atoms with Gasteiger partial charge in [0.05, 0.1) is 5.02 Å². The molecule has 2 rings (SSSR count). The monoisotopic (exact) mass is 258 g/mol. The van der Waals surface area contributed by atoms with Crippen LogP contribution in [0.5, 0.6) is 0 Å². The van der Waals surface area contributed by atoms with Gasteiger partial charge in [-0.15, -0.1) is 0 Å². The van der Waals surface area contributed by atoms with Crippen molar-refractivity contribution in [3.8, 4) is 0 Å². The third-order valence-corrected chi connectivity index (χ3v) is 3.68. The van der Waals surface area contributed by atoms with Crippen molar-refractivity contribution in [1.82, 2.24) is 9.55 Å². The Morgan fingerprint density at radius 1 is 1.33 bits per heavy atom. The van der Waals surface area contributed by atoms with Crippen LogP contribution < -0.4 is 0 Å². The molecule has 15 heavy (non-hydrogen) atoms. The minimum Gasteiger partial charge on any atom is -0.329 e. The number of aromatic nitrogens is 2. The zero-order valence-corrected chi connectivity index (χ0v) is 10.3. The van der Waals surface area contributed by atoms with Crippen LogP contribution in [0.2, 0.25) is 10.0 Å². The summed E-state index contributed by atoms with van der Waals surface area (Å²) in [5, 5.41) is 2.25. The van der Waals surface area contributed by atoms with Crippen LogP contribution in [-0.2, 0) is 7.05 Å². The maximum absolute atomic E-state index is 6.05. The van der Waals surface area contributed by atoms with Gasteiger partial charge in [-0.2, -0.15) is 0 Å². The molecule has 0 saturated heterocycles. The molecule has 0 atom stereocenters. The second-order valence-electron chi connectivity index (χ2n) is 3.00. The van der Waals surface area contributed by atoms with E-state index in [1.165, 1.54) is 11.8 Å². The molecular formula is C10H8Cl2N2S. The Morgan fingerprint density at radius 3 is 2.80 bits per heavy atom. The second-order valence-corrected chi connectivity index (χ2v) is 4.85. The summed E-state index contributed by atoms with van der Waals surface area (Å²) in [5.74, 6) is 0. The van der Waals surface area contributed by atoms with Crippen LogP contribution in [0.1, 0.15) is 0 Å². The van der Waals surface area contributed by atoms with Crippen molar-refractivity contribution in [1.29, 1.82) is 0 Å². The van der Waals surface area contributed by atoms with Crippen molar-refractivity contribution in [2.45, 2.75) is 10.1 Å². The Bertz CT molecular complexity index is 482. The van der Waals surface area contributed by atoms with E-state index in [1.54, 1.807) is 18.3 Å². The summed E-state index contributed by atoms with van der Waals surface area (Å²) < 4.78 is 1.93. The van der Waals surface area contributed by atoms with Crippen molar-refractivity contribution in [3.63, 3.8) is 0 Å². The highest BCUT2D eigenvalue weighted by molar-refractivity contribution is 7.99. The molecular weight excluding hydrogens is 251 g/mol. The molecule has 1 aromatic heterocycles. The highest BCUT2D eigenvalue weighted by atomic mass is 35.5.